The molecule has 18 heavy (non-hydrogen) atoms. The second-order valence-electron chi connectivity index (χ2n) is 3.79. The van der Waals surface area contributed by atoms with Gasteiger partial charge in [0, 0.05) is 24.2 Å². The lowest BCUT2D eigenvalue weighted by Gasteiger charge is -2.09. The Bertz CT molecular complexity index is 695. The van der Waals surface area contributed by atoms with E-state index >= 15 is 0 Å². The summed E-state index contributed by atoms with van der Waals surface area (Å²) in [6, 6.07) is 8.18. The third-order valence-electron chi connectivity index (χ3n) is 2.69. The highest BCUT2D eigenvalue weighted by Crippen LogP contribution is 2.31. The Balaban J connectivity index is 2.80. The average molecular weight is 267 g/mol. The summed E-state index contributed by atoms with van der Waals surface area (Å²) in [6.07, 6.45) is 0. The van der Waals surface area contributed by atoms with Crippen molar-refractivity contribution in [2.24, 2.45) is 0 Å². The first-order valence-electron chi connectivity index (χ1n) is 5.23. The van der Waals surface area contributed by atoms with Crippen LogP contribution < -0.4 is 10.1 Å². The lowest BCUT2D eigenvalue weighted by atomic mass is 10.1. The number of methoxy groups -OCH3 is 1. The molecule has 0 aliphatic carbocycles. The predicted molar refractivity (Wildman–Crippen MR) is 69.9 cm³/mol. The summed E-state index contributed by atoms with van der Waals surface area (Å²) >= 11 is 0. The van der Waals surface area contributed by atoms with Crippen LogP contribution in [0.2, 0.25) is 0 Å². The topological polar surface area (TPSA) is 75.6 Å². The third kappa shape index (κ3) is 2.25. The molecule has 2 N–H and O–H groups in total. The van der Waals surface area contributed by atoms with Gasteiger partial charge >= 0.3 is 0 Å². The molecule has 0 heterocycles. The summed E-state index contributed by atoms with van der Waals surface area (Å²) in [7, 11) is -1.03. The maximum absolute atomic E-state index is 11.2. The Labute approximate surface area is 105 Å². The molecule has 0 aliphatic rings. The van der Waals surface area contributed by atoms with Crippen LogP contribution in [0, 0.1) is 0 Å². The van der Waals surface area contributed by atoms with Gasteiger partial charge in [0.1, 0.15) is 5.75 Å². The molecule has 0 saturated heterocycles. The molecule has 0 aliphatic heterocycles. The maximum Gasteiger partial charge on any atom is 0.294 e. The van der Waals surface area contributed by atoms with Crippen molar-refractivity contribution in [1.29, 1.82) is 0 Å². The molecule has 0 spiro atoms. The second kappa shape index (κ2) is 4.47. The van der Waals surface area contributed by atoms with E-state index < -0.39 is 10.1 Å². The van der Waals surface area contributed by atoms with Gasteiger partial charge in [0.2, 0.25) is 0 Å². The fourth-order valence-electron chi connectivity index (χ4n) is 1.78. The highest BCUT2D eigenvalue weighted by Gasteiger charge is 2.14. The van der Waals surface area contributed by atoms with E-state index in [4.69, 9.17) is 9.29 Å². The molecule has 0 bridgehead atoms. The van der Waals surface area contributed by atoms with Crippen molar-refractivity contribution in [1.82, 2.24) is 0 Å². The summed E-state index contributed by atoms with van der Waals surface area (Å²) in [6.45, 7) is 0. The number of rotatable bonds is 3. The van der Waals surface area contributed by atoms with Gasteiger partial charge in [0.05, 0.1) is 12.0 Å². The Hall–Kier alpha value is -1.79. The number of fused-ring (bicyclic) bond motifs is 1. The number of benzene rings is 2. The molecule has 0 saturated carbocycles. The molecule has 0 radical (unpaired) electrons. The second-order valence-corrected chi connectivity index (χ2v) is 5.21. The van der Waals surface area contributed by atoms with E-state index in [0.29, 0.717) is 11.1 Å². The minimum Gasteiger partial charge on any atom is -0.496 e. The lowest BCUT2D eigenvalue weighted by Crippen LogP contribution is -1.99. The van der Waals surface area contributed by atoms with Crippen LogP contribution in [0.3, 0.4) is 0 Å². The normalized spacial score (nSPS) is 11.5. The predicted octanol–water partition coefficient (Wildman–Crippen LogP) is 2.14. The van der Waals surface area contributed by atoms with E-state index in [9.17, 15) is 8.42 Å². The monoisotopic (exact) mass is 267 g/mol. The van der Waals surface area contributed by atoms with Gasteiger partial charge < -0.3 is 10.1 Å². The largest absolute Gasteiger partial charge is 0.496 e. The SMILES string of the molecule is CNc1ccc2c(OC)cc(S(=O)(=O)O)cc2c1. The molecular weight excluding hydrogens is 254 g/mol. The average Bonchev–Trinajstić information content (AvgIpc) is 2.35. The van der Waals surface area contributed by atoms with Crippen LogP contribution in [0.15, 0.2) is 35.2 Å². The van der Waals surface area contributed by atoms with Crippen LogP contribution >= 0.6 is 0 Å². The van der Waals surface area contributed by atoms with Crippen LogP contribution in [0.1, 0.15) is 0 Å². The molecule has 0 fully saturated rings. The standard InChI is InChI=1S/C12H13NO4S/c1-13-9-3-4-11-8(5-9)6-10(18(14,15)16)7-12(11)17-2/h3-7,13H,1-2H3,(H,14,15,16). The summed E-state index contributed by atoms with van der Waals surface area (Å²) in [5.74, 6) is 0.405. The van der Waals surface area contributed by atoms with Crippen LogP contribution in [0.5, 0.6) is 5.75 Å². The molecule has 6 heteroatoms. The number of ether oxygens (including phenoxy) is 1. The maximum atomic E-state index is 11.2. The van der Waals surface area contributed by atoms with Crippen LogP contribution in [-0.4, -0.2) is 27.1 Å². The summed E-state index contributed by atoms with van der Waals surface area (Å²) in [5.41, 5.74) is 0.844. The van der Waals surface area contributed by atoms with E-state index in [0.717, 1.165) is 11.1 Å². The Morgan fingerprint density at radius 3 is 2.50 bits per heavy atom. The number of hydrogen-bond acceptors (Lipinski definition) is 4. The van der Waals surface area contributed by atoms with Crippen molar-refractivity contribution in [2.45, 2.75) is 4.90 Å². The zero-order valence-electron chi connectivity index (χ0n) is 9.97. The molecule has 2 rings (SSSR count). The van der Waals surface area contributed by atoms with Gasteiger partial charge in [-0.15, -0.1) is 0 Å². The van der Waals surface area contributed by atoms with E-state index in [1.807, 2.05) is 12.1 Å². The Morgan fingerprint density at radius 1 is 1.22 bits per heavy atom. The minimum absolute atomic E-state index is 0.180. The zero-order chi connectivity index (χ0) is 13.3. The molecule has 2 aromatic carbocycles. The molecule has 5 nitrogen and oxygen atoms in total. The van der Waals surface area contributed by atoms with Crippen molar-refractivity contribution in [3.05, 3.63) is 30.3 Å². The van der Waals surface area contributed by atoms with Crippen molar-refractivity contribution >= 4 is 26.6 Å². The first kappa shape index (κ1) is 12.7. The van der Waals surface area contributed by atoms with Gasteiger partial charge in [-0.25, -0.2) is 0 Å². The number of anilines is 1. The third-order valence-corrected chi connectivity index (χ3v) is 3.53. The van der Waals surface area contributed by atoms with Crippen molar-refractivity contribution in [3.63, 3.8) is 0 Å². The molecule has 0 atom stereocenters. The number of nitrogens with one attached hydrogen (secondary N) is 1. The molecule has 2 aromatic rings. The molecular formula is C12H13NO4S. The van der Waals surface area contributed by atoms with Gasteiger partial charge in [-0.05, 0) is 29.7 Å². The first-order valence-corrected chi connectivity index (χ1v) is 6.67. The molecule has 96 valence electrons. The summed E-state index contributed by atoms with van der Waals surface area (Å²) < 4.78 is 36.6. The fraction of sp³-hybridized carbons (Fsp3) is 0.167. The Morgan fingerprint density at radius 2 is 1.94 bits per heavy atom. The van der Waals surface area contributed by atoms with Crippen LogP contribution in [0.25, 0.3) is 10.8 Å². The molecule has 0 aromatic heterocycles. The van der Waals surface area contributed by atoms with Gasteiger partial charge in [-0.1, -0.05) is 0 Å². The molecule has 0 unspecified atom stereocenters. The zero-order valence-corrected chi connectivity index (χ0v) is 10.8. The van der Waals surface area contributed by atoms with Gasteiger partial charge in [-0.2, -0.15) is 8.42 Å². The highest BCUT2D eigenvalue weighted by molar-refractivity contribution is 7.85. The smallest absolute Gasteiger partial charge is 0.294 e. The van der Waals surface area contributed by atoms with Crippen molar-refractivity contribution in [3.8, 4) is 5.75 Å². The van der Waals surface area contributed by atoms with Gasteiger partial charge in [0.25, 0.3) is 10.1 Å². The quantitative estimate of drug-likeness (QED) is 0.833. The number of hydrogen-bond donors (Lipinski definition) is 2. The van der Waals surface area contributed by atoms with E-state index in [-0.39, 0.29) is 4.90 Å². The van der Waals surface area contributed by atoms with Crippen molar-refractivity contribution in [2.75, 3.05) is 19.5 Å². The fourth-order valence-corrected chi connectivity index (χ4v) is 2.31. The van der Waals surface area contributed by atoms with Crippen LogP contribution in [-0.2, 0) is 10.1 Å². The first-order chi connectivity index (χ1) is 8.45. The lowest BCUT2D eigenvalue weighted by molar-refractivity contribution is 0.417. The van der Waals surface area contributed by atoms with Crippen LogP contribution in [0.4, 0.5) is 5.69 Å². The van der Waals surface area contributed by atoms with E-state index in [1.165, 1.54) is 19.2 Å². The highest BCUT2D eigenvalue weighted by atomic mass is 32.2. The van der Waals surface area contributed by atoms with Gasteiger partial charge in [0.15, 0.2) is 0 Å². The Kier molecular flexibility index (Phi) is 3.14. The van der Waals surface area contributed by atoms with E-state index in [1.54, 1.807) is 13.1 Å². The minimum atomic E-state index is -4.25. The molecule has 0 amide bonds. The van der Waals surface area contributed by atoms with Gasteiger partial charge in [-0.3, -0.25) is 4.55 Å². The summed E-state index contributed by atoms with van der Waals surface area (Å²) in [4.78, 5) is -0.180. The van der Waals surface area contributed by atoms with E-state index in [2.05, 4.69) is 5.32 Å². The van der Waals surface area contributed by atoms with Crippen molar-refractivity contribution < 1.29 is 17.7 Å². The summed E-state index contributed by atoms with van der Waals surface area (Å²) in [5, 5.41) is 4.42.